The summed E-state index contributed by atoms with van der Waals surface area (Å²) in [7, 11) is 0. The maximum atomic E-state index is 11.3. The van der Waals surface area contributed by atoms with Crippen LogP contribution in [0.3, 0.4) is 0 Å². The third-order valence-electron chi connectivity index (χ3n) is 2.77. The Labute approximate surface area is 90.1 Å². The van der Waals surface area contributed by atoms with Crippen LogP contribution in [0.25, 0.3) is 0 Å². The Balaban J connectivity index is 2.10. The molecule has 1 heterocycles. The minimum Gasteiger partial charge on any atom is -0.288 e. The molecule has 3 nitrogen and oxygen atoms in total. The lowest BCUT2D eigenvalue weighted by molar-refractivity contribution is -0.121. The molecule has 1 amide bonds. The van der Waals surface area contributed by atoms with Gasteiger partial charge < -0.3 is 0 Å². The minimum atomic E-state index is -0.0904. The summed E-state index contributed by atoms with van der Waals surface area (Å²) in [4.78, 5) is 11.3. The van der Waals surface area contributed by atoms with Crippen LogP contribution < -0.4 is 5.43 Å². The summed E-state index contributed by atoms with van der Waals surface area (Å²) in [6, 6.07) is 10.2. The summed E-state index contributed by atoms with van der Waals surface area (Å²) in [6.07, 6.45) is 0.569. The van der Waals surface area contributed by atoms with Gasteiger partial charge in [0.25, 0.3) is 0 Å². The summed E-state index contributed by atoms with van der Waals surface area (Å²) >= 11 is 0. The second-order valence-corrected chi connectivity index (χ2v) is 4.60. The van der Waals surface area contributed by atoms with Gasteiger partial charge in [-0.15, -0.1) is 0 Å². The van der Waals surface area contributed by atoms with Gasteiger partial charge in [0.15, 0.2) is 0 Å². The number of hydrogen-bond donors (Lipinski definition) is 1. The van der Waals surface area contributed by atoms with Crippen LogP contribution in [0.5, 0.6) is 0 Å². The Morgan fingerprint density at radius 2 is 2.00 bits per heavy atom. The molecule has 80 valence electrons. The molecule has 2 rings (SSSR count). The summed E-state index contributed by atoms with van der Waals surface area (Å²) in [5.74, 6) is 0.107. The molecular formula is C12H16N2O. The van der Waals surface area contributed by atoms with E-state index in [4.69, 9.17) is 0 Å². The van der Waals surface area contributed by atoms with Crippen molar-refractivity contribution in [3.05, 3.63) is 35.9 Å². The van der Waals surface area contributed by atoms with E-state index in [2.05, 4.69) is 31.4 Å². The Morgan fingerprint density at radius 3 is 2.53 bits per heavy atom. The van der Waals surface area contributed by atoms with Gasteiger partial charge in [-0.1, -0.05) is 30.3 Å². The Bertz CT molecular complexity index is 359. The average Bonchev–Trinajstić information content (AvgIpc) is 2.41. The SMILES string of the molecule is CC1(C)CC(=O)NN1Cc1ccccc1. The van der Waals surface area contributed by atoms with E-state index in [9.17, 15) is 4.79 Å². The number of carbonyl (C=O) groups excluding carboxylic acids is 1. The number of hydrogen-bond acceptors (Lipinski definition) is 2. The van der Waals surface area contributed by atoms with Gasteiger partial charge in [0.05, 0.1) is 0 Å². The summed E-state index contributed by atoms with van der Waals surface area (Å²) in [5, 5.41) is 2.00. The highest BCUT2D eigenvalue weighted by molar-refractivity contribution is 5.78. The van der Waals surface area contributed by atoms with Crippen LogP contribution in [0.1, 0.15) is 25.8 Å². The van der Waals surface area contributed by atoms with Crippen LogP contribution in [-0.4, -0.2) is 16.5 Å². The molecule has 0 saturated carbocycles. The van der Waals surface area contributed by atoms with Crippen molar-refractivity contribution in [3.8, 4) is 0 Å². The highest BCUT2D eigenvalue weighted by Crippen LogP contribution is 2.24. The minimum absolute atomic E-state index is 0.0904. The zero-order valence-electron chi connectivity index (χ0n) is 9.16. The molecule has 0 atom stereocenters. The zero-order chi connectivity index (χ0) is 10.9. The fourth-order valence-electron chi connectivity index (χ4n) is 1.85. The van der Waals surface area contributed by atoms with Crippen molar-refractivity contribution in [1.29, 1.82) is 0 Å². The van der Waals surface area contributed by atoms with E-state index in [0.29, 0.717) is 6.42 Å². The molecule has 1 aromatic carbocycles. The summed E-state index contributed by atoms with van der Waals surface area (Å²) < 4.78 is 0. The molecule has 3 heteroatoms. The topological polar surface area (TPSA) is 32.3 Å². The monoisotopic (exact) mass is 204 g/mol. The molecule has 15 heavy (non-hydrogen) atoms. The Kier molecular flexibility index (Phi) is 2.49. The molecule has 1 saturated heterocycles. The molecule has 1 fully saturated rings. The maximum absolute atomic E-state index is 11.3. The molecule has 0 bridgehead atoms. The van der Waals surface area contributed by atoms with E-state index in [1.807, 2.05) is 23.2 Å². The van der Waals surface area contributed by atoms with Gasteiger partial charge in [-0.25, -0.2) is 5.01 Å². The predicted octanol–water partition coefficient (Wildman–Crippen LogP) is 1.70. The molecule has 0 aromatic heterocycles. The third-order valence-corrected chi connectivity index (χ3v) is 2.77. The second kappa shape index (κ2) is 3.66. The first-order valence-electron chi connectivity index (χ1n) is 5.19. The van der Waals surface area contributed by atoms with E-state index < -0.39 is 0 Å². The number of benzene rings is 1. The average molecular weight is 204 g/mol. The number of amides is 1. The maximum Gasteiger partial charge on any atom is 0.236 e. The second-order valence-electron chi connectivity index (χ2n) is 4.60. The predicted molar refractivity (Wildman–Crippen MR) is 58.8 cm³/mol. The fourth-order valence-corrected chi connectivity index (χ4v) is 1.85. The van der Waals surface area contributed by atoms with Gasteiger partial charge in [0, 0.05) is 18.5 Å². The standard InChI is InChI=1S/C12H16N2O/c1-12(2)8-11(15)13-14(12)9-10-6-4-3-5-7-10/h3-7H,8-9H2,1-2H3,(H,13,15). The first-order chi connectivity index (χ1) is 7.08. The van der Waals surface area contributed by atoms with Crippen molar-refractivity contribution in [2.75, 3.05) is 0 Å². The first kappa shape index (κ1) is 10.2. The van der Waals surface area contributed by atoms with E-state index in [1.165, 1.54) is 5.56 Å². The Morgan fingerprint density at radius 1 is 1.33 bits per heavy atom. The molecule has 0 radical (unpaired) electrons. The Hall–Kier alpha value is -1.35. The normalized spacial score (nSPS) is 20.3. The van der Waals surface area contributed by atoms with Gasteiger partial charge in [0.2, 0.25) is 5.91 Å². The molecule has 0 aliphatic carbocycles. The van der Waals surface area contributed by atoms with Crippen molar-refractivity contribution in [2.45, 2.75) is 32.4 Å². The van der Waals surface area contributed by atoms with Crippen LogP contribution in [0.4, 0.5) is 0 Å². The lowest BCUT2D eigenvalue weighted by atomic mass is 10.0. The van der Waals surface area contributed by atoms with Crippen LogP contribution >= 0.6 is 0 Å². The van der Waals surface area contributed by atoms with Crippen molar-refractivity contribution in [3.63, 3.8) is 0 Å². The fraction of sp³-hybridized carbons (Fsp3) is 0.417. The third kappa shape index (κ3) is 2.18. The molecule has 0 unspecified atom stereocenters. The highest BCUT2D eigenvalue weighted by atomic mass is 16.2. The number of rotatable bonds is 2. The molecule has 1 aliphatic rings. The van der Waals surface area contributed by atoms with Gasteiger partial charge >= 0.3 is 0 Å². The molecule has 0 spiro atoms. The van der Waals surface area contributed by atoms with Crippen LogP contribution in [0, 0.1) is 0 Å². The summed E-state index contributed by atoms with van der Waals surface area (Å²) in [5.41, 5.74) is 4.01. The molecule has 1 aromatic rings. The van der Waals surface area contributed by atoms with Crippen LogP contribution in [-0.2, 0) is 11.3 Å². The smallest absolute Gasteiger partial charge is 0.236 e. The van der Waals surface area contributed by atoms with E-state index in [1.54, 1.807) is 0 Å². The van der Waals surface area contributed by atoms with Crippen molar-refractivity contribution < 1.29 is 4.79 Å². The van der Waals surface area contributed by atoms with Gasteiger partial charge in [-0.05, 0) is 19.4 Å². The quantitative estimate of drug-likeness (QED) is 0.795. The molecule has 1 N–H and O–H groups in total. The van der Waals surface area contributed by atoms with Gasteiger partial charge in [-0.2, -0.15) is 0 Å². The van der Waals surface area contributed by atoms with E-state index in [-0.39, 0.29) is 11.4 Å². The first-order valence-corrected chi connectivity index (χ1v) is 5.19. The van der Waals surface area contributed by atoms with Crippen molar-refractivity contribution in [2.24, 2.45) is 0 Å². The van der Waals surface area contributed by atoms with Crippen molar-refractivity contribution in [1.82, 2.24) is 10.4 Å². The van der Waals surface area contributed by atoms with E-state index >= 15 is 0 Å². The van der Waals surface area contributed by atoms with Gasteiger partial charge in [-0.3, -0.25) is 10.2 Å². The molecule has 1 aliphatic heterocycles. The highest BCUT2D eigenvalue weighted by Gasteiger charge is 2.36. The van der Waals surface area contributed by atoms with Crippen LogP contribution in [0.2, 0.25) is 0 Å². The number of nitrogens with one attached hydrogen (secondary N) is 1. The lowest BCUT2D eigenvalue weighted by Crippen LogP contribution is -2.43. The van der Waals surface area contributed by atoms with Gasteiger partial charge in [0.1, 0.15) is 0 Å². The number of hydrazine groups is 1. The summed E-state index contributed by atoms with van der Waals surface area (Å²) in [6.45, 7) is 4.92. The zero-order valence-corrected chi connectivity index (χ0v) is 9.16. The van der Waals surface area contributed by atoms with E-state index in [0.717, 1.165) is 6.54 Å². The van der Waals surface area contributed by atoms with Crippen LogP contribution in [0.15, 0.2) is 30.3 Å². The number of nitrogens with zero attached hydrogens (tertiary/aromatic N) is 1. The molecular weight excluding hydrogens is 188 g/mol. The largest absolute Gasteiger partial charge is 0.288 e. The van der Waals surface area contributed by atoms with Crippen molar-refractivity contribution >= 4 is 5.91 Å². The number of carbonyl (C=O) groups is 1. The lowest BCUT2D eigenvalue weighted by Gasteiger charge is -2.29.